The first kappa shape index (κ1) is 14.6. The van der Waals surface area contributed by atoms with Crippen LogP contribution in [-0.2, 0) is 13.1 Å². The van der Waals surface area contributed by atoms with E-state index in [-0.39, 0.29) is 0 Å². The van der Waals surface area contributed by atoms with Gasteiger partial charge in [-0.3, -0.25) is 4.90 Å². The van der Waals surface area contributed by atoms with Crippen molar-refractivity contribution in [2.24, 2.45) is 5.92 Å². The van der Waals surface area contributed by atoms with Crippen LogP contribution in [0.25, 0.3) is 0 Å². The summed E-state index contributed by atoms with van der Waals surface area (Å²) in [5.74, 6) is 2.83. The minimum Gasteiger partial charge on any atom is -0.465 e. The van der Waals surface area contributed by atoms with E-state index < -0.39 is 0 Å². The number of nitrogens with zero attached hydrogens (tertiary/aromatic N) is 1. The van der Waals surface area contributed by atoms with E-state index in [1.165, 1.54) is 24.9 Å². The molecule has 0 spiro atoms. The molecule has 1 aliphatic heterocycles. The van der Waals surface area contributed by atoms with Crippen LogP contribution in [0.1, 0.15) is 50.7 Å². The predicted molar refractivity (Wildman–Crippen MR) is 79.1 cm³/mol. The Bertz CT molecular complexity index is 397. The second-order valence-electron chi connectivity index (χ2n) is 6.28. The van der Waals surface area contributed by atoms with E-state index >= 15 is 0 Å². The largest absolute Gasteiger partial charge is 0.465 e. The number of aryl methyl sites for hydroxylation is 1. The van der Waals surface area contributed by atoms with Crippen LogP contribution in [0, 0.1) is 12.8 Å². The molecule has 3 heteroatoms. The molecular weight excluding hydrogens is 236 g/mol. The molecule has 1 aromatic heterocycles. The molecule has 1 unspecified atom stereocenters. The summed E-state index contributed by atoms with van der Waals surface area (Å²) in [5.41, 5.74) is 1.36. The van der Waals surface area contributed by atoms with Crippen molar-refractivity contribution < 1.29 is 4.42 Å². The van der Waals surface area contributed by atoms with Crippen LogP contribution in [0.15, 0.2) is 10.5 Å². The molecule has 1 aliphatic rings. The highest BCUT2D eigenvalue weighted by Crippen LogP contribution is 2.22. The third-order valence-electron chi connectivity index (χ3n) is 3.99. The Morgan fingerprint density at radius 2 is 2.26 bits per heavy atom. The molecule has 0 bridgehead atoms. The highest BCUT2D eigenvalue weighted by atomic mass is 16.3. The van der Waals surface area contributed by atoms with Gasteiger partial charge in [0, 0.05) is 18.2 Å². The molecule has 0 amide bonds. The molecule has 0 aliphatic carbocycles. The lowest BCUT2D eigenvalue weighted by molar-refractivity contribution is 0.258. The smallest absolute Gasteiger partial charge is 0.118 e. The van der Waals surface area contributed by atoms with Gasteiger partial charge < -0.3 is 9.73 Å². The van der Waals surface area contributed by atoms with E-state index in [0.717, 1.165) is 37.2 Å². The van der Waals surface area contributed by atoms with E-state index in [4.69, 9.17) is 4.42 Å². The molecule has 1 aromatic rings. The molecule has 1 fully saturated rings. The van der Waals surface area contributed by atoms with Gasteiger partial charge in [0.1, 0.15) is 11.5 Å². The Balaban J connectivity index is 1.89. The second kappa shape index (κ2) is 6.58. The molecule has 3 nitrogen and oxygen atoms in total. The van der Waals surface area contributed by atoms with Crippen LogP contribution in [0.3, 0.4) is 0 Å². The fourth-order valence-electron chi connectivity index (χ4n) is 2.76. The zero-order valence-corrected chi connectivity index (χ0v) is 12.8. The minimum atomic E-state index is 0.681. The van der Waals surface area contributed by atoms with Gasteiger partial charge in [0.2, 0.25) is 0 Å². The standard InChI is InChI=1S/C16H28N2O/c1-12(2)9-17-10-16-8-15(14(4)19-16)11-18-7-5-6-13(18)3/h8,12-13,17H,5-7,9-11H2,1-4H3. The predicted octanol–water partition coefficient (Wildman–Crippen LogP) is 3.32. The summed E-state index contributed by atoms with van der Waals surface area (Å²) in [4.78, 5) is 2.56. The molecule has 1 N–H and O–H groups in total. The molecule has 2 rings (SSSR count). The topological polar surface area (TPSA) is 28.4 Å². The highest BCUT2D eigenvalue weighted by Gasteiger charge is 2.21. The molecule has 108 valence electrons. The third kappa shape index (κ3) is 4.08. The quantitative estimate of drug-likeness (QED) is 0.854. The molecule has 2 heterocycles. The molecule has 19 heavy (non-hydrogen) atoms. The van der Waals surface area contributed by atoms with E-state index in [0.29, 0.717) is 5.92 Å². The number of hydrogen-bond acceptors (Lipinski definition) is 3. The zero-order valence-electron chi connectivity index (χ0n) is 12.8. The molecule has 1 atom stereocenters. The molecule has 0 radical (unpaired) electrons. The van der Waals surface area contributed by atoms with Crippen LogP contribution in [0.2, 0.25) is 0 Å². The Morgan fingerprint density at radius 1 is 1.47 bits per heavy atom. The Morgan fingerprint density at radius 3 is 2.89 bits per heavy atom. The summed E-state index contributed by atoms with van der Waals surface area (Å²) in [7, 11) is 0. The summed E-state index contributed by atoms with van der Waals surface area (Å²) in [6, 6.07) is 2.95. The minimum absolute atomic E-state index is 0.681. The maximum atomic E-state index is 5.85. The van der Waals surface area contributed by atoms with Crippen molar-refractivity contribution in [2.45, 2.75) is 59.7 Å². The van der Waals surface area contributed by atoms with Gasteiger partial charge in [0.05, 0.1) is 6.54 Å². The average Bonchev–Trinajstić information content (AvgIpc) is 2.87. The van der Waals surface area contributed by atoms with Crippen molar-refractivity contribution in [3.63, 3.8) is 0 Å². The summed E-state index contributed by atoms with van der Waals surface area (Å²) in [6.45, 7) is 13.0. The van der Waals surface area contributed by atoms with Crippen LogP contribution in [0.4, 0.5) is 0 Å². The summed E-state index contributed by atoms with van der Waals surface area (Å²) in [5, 5.41) is 3.44. The lowest BCUT2D eigenvalue weighted by Crippen LogP contribution is -2.26. The normalized spacial score (nSPS) is 20.6. The van der Waals surface area contributed by atoms with E-state index in [9.17, 15) is 0 Å². The van der Waals surface area contributed by atoms with Crippen LogP contribution in [-0.4, -0.2) is 24.0 Å². The maximum absolute atomic E-state index is 5.85. The van der Waals surface area contributed by atoms with Crippen molar-refractivity contribution in [3.05, 3.63) is 23.2 Å². The van der Waals surface area contributed by atoms with Crippen molar-refractivity contribution >= 4 is 0 Å². The second-order valence-corrected chi connectivity index (χ2v) is 6.28. The first-order chi connectivity index (χ1) is 9.06. The molecule has 0 aromatic carbocycles. The van der Waals surface area contributed by atoms with Crippen molar-refractivity contribution in [2.75, 3.05) is 13.1 Å². The van der Waals surface area contributed by atoms with Gasteiger partial charge in [-0.25, -0.2) is 0 Å². The molecular formula is C16H28N2O. The van der Waals surface area contributed by atoms with Gasteiger partial charge in [-0.05, 0) is 51.8 Å². The first-order valence-corrected chi connectivity index (χ1v) is 7.59. The van der Waals surface area contributed by atoms with Gasteiger partial charge in [-0.2, -0.15) is 0 Å². The lowest BCUT2D eigenvalue weighted by atomic mass is 10.2. The lowest BCUT2D eigenvalue weighted by Gasteiger charge is -2.20. The summed E-state index contributed by atoms with van der Waals surface area (Å²) in [6.07, 6.45) is 2.67. The van der Waals surface area contributed by atoms with E-state index in [1.807, 2.05) is 0 Å². The average molecular weight is 264 g/mol. The van der Waals surface area contributed by atoms with Gasteiger partial charge in [-0.1, -0.05) is 13.8 Å². The van der Waals surface area contributed by atoms with Crippen LogP contribution >= 0.6 is 0 Å². The monoisotopic (exact) mass is 264 g/mol. The summed E-state index contributed by atoms with van der Waals surface area (Å²) < 4.78 is 5.85. The highest BCUT2D eigenvalue weighted by molar-refractivity contribution is 5.21. The number of hydrogen-bond donors (Lipinski definition) is 1. The summed E-state index contributed by atoms with van der Waals surface area (Å²) >= 11 is 0. The van der Waals surface area contributed by atoms with Gasteiger partial charge in [0.15, 0.2) is 0 Å². The van der Waals surface area contributed by atoms with Crippen LogP contribution < -0.4 is 5.32 Å². The fraction of sp³-hybridized carbons (Fsp3) is 0.750. The Labute approximate surface area is 117 Å². The number of furan rings is 1. The number of likely N-dealkylation sites (tertiary alicyclic amines) is 1. The van der Waals surface area contributed by atoms with E-state index in [2.05, 4.69) is 44.0 Å². The van der Waals surface area contributed by atoms with Crippen LogP contribution in [0.5, 0.6) is 0 Å². The Hall–Kier alpha value is -0.800. The zero-order chi connectivity index (χ0) is 13.8. The van der Waals surface area contributed by atoms with Gasteiger partial charge in [-0.15, -0.1) is 0 Å². The molecule has 1 saturated heterocycles. The maximum Gasteiger partial charge on any atom is 0.118 e. The first-order valence-electron chi connectivity index (χ1n) is 7.59. The van der Waals surface area contributed by atoms with Crippen molar-refractivity contribution in [1.29, 1.82) is 0 Å². The van der Waals surface area contributed by atoms with Gasteiger partial charge >= 0.3 is 0 Å². The molecule has 0 saturated carbocycles. The number of nitrogens with one attached hydrogen (secondary N) is 1. The Kier molecular flexibility index (Phi) is 5.06. The van der Waals surface area contributed by atoms with Gasteiger partial charge in [0.25, 0.3) is 0 Å². The van der Waals surface area contributed by atoms with E-state index in [1.54, 1.807) is 0 Å². The van der Waals surface area contributed by atoms with Crippen molar-refractivity contribution in [1.82, 2.24) is 10.2 Å². The SMILES string of the molecule is Cc1oc(CNCC(C)C)cc1CN1CCCC1C. The third-order valence-corrected chi connectivity index (χ3v) is 3.99. The number of rotatable bonds is 6. The fourth-order valence-corrected chi connectivity index (χ4v) is 2.76. The van der Waals surface area contributed by atoms with Crippen molar-refractivity contribution in [3.8, 4) is 0 Å².